The lowest BCUT2D eigenvalue weighted by Crippen LogP contribution is -2.44. The van der Waals surface area contributed by atoms with Gasteiger partial charge in [-0.25, -0.2) is 0 Å². The average molecular weight is 361 g/mol. The summed E-state index contributed by atoms with van der Waals surface area (Å²) in [5.74, 6) is 0.383. The Morgan fingerprint density at radius 3 is 2.74 bits per heavy atom. The van der Waals surface area contributed by atoms with Crippen molar-refractivity contribution >= 4 is 29.2 Å². The molecule has 2 rings (SSSR count). The standard InChI is InChI=1S/C16H22Cl2N2O3/c17-13-3-4-15(14(18)12-13)22-10-1-2-16(21)23-11-9-20-7-5-19-6-8-20/h3-4,12,19H,1-2,5-11H2. The van der Waals surface area contributed by atoms with Gasteiger partial charge in [-0.1, -0.05) is 23.2 Å². The predicted octanol–water partition coefficient (Wildman–Crippen LogP) is 2.60. The Bertz CT molecular complexity index is 508. The second-order valence-corrected chi connectivity index (χ2v) is 6.18. The fourth-order valence-corrected chi connectivity index (χ4v) is 2.75. The maximum Gasteiger partial charge on any atom is 0.305 e. The summed E-state index contributed by atoms with van der Waals surface area (Å²) in [5.41, 5.74) is 0. The van der Waals surface area contributed by atoms with E-state index in [1.165, 1.54) is 0 Å². The number of hydrogen-bond acceptors (Lipinski definition) is 5. The van der Waals surface area contributed by atoms with Gasteiger partial charge in [0.25, 0.3) is 0 Å². The molecule has 0 atom stereocenters. The van der Waals surface area contributed by atoms with E-state index in [1.807, 2.05) is 0 Å². The van der Waals surface area contributed by atoms with Gasteiger partial charge < -0.3 is 14.8 Å². The van der Waals surface area contributed by atoms with E-state index >= 15 is 0 Å². The van der Waals surface area contributed by atoms with Gasteiger partial charge in [0.15, 0.2) is 0 Å². The largest absolute Gasteiger partial charge is 0.492 e. The maximum atomic E-state index is 11.7. The highest BCUT2D eigenvalue weighted by molar-refractivity contribution is 6.35. The molecule has 1 saturated heterocycles. The summed E-state index contributed by atoms with van der Waals surface area (Å²) in [6, 6.07) is 5.06. The highest BCUT2D eigenvalue weighted by Crippen LogP contribution is 2.27. The molecule has 128 valence electrons. The highest BCUT2D eigenvalue weighted by Gasteiger charge is 2.10. The molecule has 1 N–H and O–H groups in total. The van der Waals surface area contributed by atoms with Crippen LogP contribution >= 0.6 is 23.2 Å². The molecule has 1 heterocycles. The summed E-state index contributed by atoms with van der Waals surface area (Å²) in [5, 5.41) is 4.32. The molecule has 1 fully saturated rings. The third kappa shape index (κ3) is 6.96. The van der Waals surface area contributed by atoms with Gasteiger partial charge in [0.2, 0.25) is 0 Å². The quantitative estimate of drug-likeness (QED) is 0.570. The van der Waals surface area contributed by atoms with Gasteiger partial charge in [-0.3, -0.25) is 9.69 Å². The molecule has 7 heteroatoms. The topological polar surface area (TPSA) is 50.8 Å². The van der Waals surface area contributed by atoms with Crippen LogP contribution in [0.4, 0.5) is 0 Å². The van der Waals surface area contributed by atoms with Crippen molar-refractivity contribution < 1.29 is 14.3 Å². The molecule has 1 aliphatic rings. The molecular formula is C16H22Cl2N2O3. The number of carbonyl (C=O) groups is 1. The molecule has 0 aromatic heterocycles. The van der Waals surface area contributed by atoms with Crippen LogP contribution in [0.3, 0.4) is 0 Å². The van der Waals surface area contributed by atoms with Crippen molar-refractivity contribution in [2.75, 3.05) is 45.9 Å². The minimum Gasteiger partial charge on any atom is -0.492 e. The van der Waals surface area contributed by atoms with Crippen LogP contribution in [-0.4, -0.2) is 56.8 Å². The number of benzene rings is 1. The monoisotopic (exact) mass is 360 g/mol. The highest BCUT2D eigenvalue weighted by atomic mass is 35.5. The van der Waals surface area contributed by atoms with Crippen LogP contribution in [-0.2, 0) is 9.53 Å². The first-order chi connectivity index (χ1) is 11.1. The number of hydrogen-bond donors (Lipinski definition) is 1. The molecule has 0 unspecified atom stereocenters. The van der Waals surface area contributed by atoms with Gasteiger partial charge in [-0.05, 0) is 24.6 Å². The molecule has 0 bridgehead atoms. The van der Waals surface area contributed by atoms with Gasteiger partial charge in [0, 0.05) is 44.2 Å². The van der Waals surface area contributed by atoms with Gasteiger partial charge in [-0.15, -0.1) is 0 Å². The first-order valence-corrected chi connectivity index (χ1v) is 8.57. The molecule has 5 nitrogen and oxygen atoms in total. The summed E-state index contributed by atoms with van der Waals surface area (Å²) >= 11 is 11.8. The molecule has 0 spiro atoms. The van der Waals surface area contributed by atoms with Crippen LogP contribution in [0, 0.1) is 0 Å². The Morgan fingerprint density at radius 1 is 1.22 bits per heavy atom. The number of halogens is 2. The number of piperazine rings is 1. The van der Waals surface area contributed by atoms with E-state index in [4.69, 9.17) is 32.7 Å². The first-order valence-electron chi connectivity index (χ1n) is 7.82. The van der Waals surface area contributed by atoms with Crippen LogP contribution in [0.2, 0.25) is 10.0 Å². The Kier molecular flexibility index (Phi) is 7.95. The zero-order valence-corrected chi connectivity index (χ0v) is 14.5. The van der Waals surface area contributed by atoms with E-state index < -0.39 is 0 Å². The van der Waals surface area contributed by atoms with Gasteiger partial charge >= 0.3 is 5.97 Å². The maximum absolute atomic E-state index is 11.7. The van der Waals surface area contributed by atoms with E-state index in [1.54, 1.807) is 18.2 Å². The summed E-state index contributed by atoms with van der Waals surface area (Å²) in [4.78, 5) is 13.9. The van der Waals surface area contributed by atoms with E-state index in [9.17, 15) is 4.79 Å². The first kappa shape index (κ1) is 18.3. The lowest BCUT2D eigenvalue weighted by atomic mass is 10.3. The number of nitrogens with one attached hydrogen (secondary N) is 1. The molecule has 0 amide bonds. The van der Waals surface area contributed by atoms with E-state index in [0.29, 0.717) is 41.9 Å². The zero-order valence-electron chi connectivity index (χ0n) is 13.0. The van der Waals surface area contributed by atoms with Gasteiger partial charge in [0.1, 0.15) is 12.4 Å². The fourth-order valence-electron chi connectivity index (χ4n) is 2.29. The molecule has 0 radical (unpaired) electrons. The molecule has 0 aliphatic carbocycles. The Morgan fingerprint density at radius 2 is 2.00 bits per heavy atom. The third-order valence-corrected chi connectivity index (χ3v) is 4.09. The van der Waals surface area contributed by atoms with Crippen LogP contribution in [0.1, 0.15) is 12.8 Å². The molecule has 23 heavy (non-hydrogen) atoms. The number of esters is 1. The smallest absolute Gasteiger partial charge is 0.305 e. The van der Waals surface area contributed by atoms with Crippen molar-refractivity contribution in [1.82, 2.24) is 10.2 Å². The predicted molar refractivity (Wildman–Crippen MR) is 91.5 cm³/mol. The summed E-state index contributed by atoms with van der Waals surface area (Å²) in [6.45, 7) is 5.67. The Hall–Kier alpha value is -1.01. The fraction of sp³-hybridized carbons (Fsp3) is 0.562. The molecular weight excluding hydrogens is 339 g/mol. The SMILES string of the molecule is O=C(CCCOc1ccc(Cl)cc1Cl)OCCN1CCNCC1. The number of rotatable bonds is 8. The van der Waals surface area contributed by atoms with E-state index in [0.717, 1.165) is 32.7 Å². The zero-order chi connectivity index (χ0) is 16.5. The van der Waals surface area contributed by atoms with Crippen molar-refractivity contribution in [3.63, 3.8) is 0 Å². The lowest BCUT2D eigenvalue weighted by molar-refractivity contribution is -0.144. The van der Waals surface area contributed by atoms with Crippen molar-refractivity contribution in [2.45, 2.75) is 12.8 Å². The van der Waals surface area contributed by atoms with Gasteiger partial charge in [-0.2, -0.15) is 0 Å². The number of carbonyl (C=O) groups excluding carboxylic acids is 1. The Balaban J connectivity index is 1.54. The van der Waals surface area contributed by atoms with Crippen LogP contribution in [0.25, 0.3) is 0 Å². The van der Waals surface area contributed by atoms with Crippen molar-refractivity contribution in [1.29, 1.82) is 0 Å². The molecule has 0 saturated carbocycles. The number of ether oxygens (including phenoxy) is 2. The minimum absolute atomic E-state index is 0.189. The van der Waals surface area contributed by atoms with Crippen LogP contribution in [0.15, 0.2) is 18.2 Å². The average Bonchev–Trinajstić information content (AvgIpc) is 2.54. The second-order valence-electron chi connectivity index (χ2n) is 5.34. The molecule has 1 aromatic carbocycles. The number of nitrogens with zero attached hydrogens (tertiary/aromatic N) is 1. The summed E-state index contributed by atoms with van der Waals surface area (Å²) in [7, 11) is 0. The van der Waals surface area contributed by atoms with E-state index in [-0.39, 0.29) is 5.97 Å². The van der Waals surface area contributed by atoms with Crippen molar-refractivity contribution in [3.8, 4) is 5.75 Å². The second kappa shape index (κ2) is 9.98. The summed E-state index contributed by atoms with van der Waals surface area (Å²) in [6.07, 6.45) is 0.929. The molecule has 1 aliphatic heterocycles. The normalized spacial score (nSPS) is 15.4. The Labute approximate surface area is 146 Å². The molecule has 1 aromatic rings. The van der Waals surface area contributed by atoms with Gasteiger partial charge in [0.05, 0.1) is 11.6 Å². The summed E-state index contributed by atoms with van der Waals surface area (Å²) < 4.78 is 10.8. The van der Waals surface area contributed by atoms with Crippen LogP contribution < -0.4 is 10.1 Å². The van der Waals surface area contributed by atoms with Crippen LogP contribution in [0.5, 0.6) is 5.75 Å². The minimum atomic E-state index is -0.189. The lowest BCUT2D eigenvalue weighted by Gasteiger charge is -2.26. The van der Waals surface area contributed by atoms with Crippen molar-refractivity contribution in [2.24, 2.45) is 0 Å². The van der Waals surface area contributed by atoms with Crippen molar-refractivity contribution in [3.05, 3.63) is 28.2 Å². The third-order valence-electron chi connectivity index (χ3n) is 3.56. The van der Waals surface area contributed by atoms with E-state index in [2.05, 4.69) is 10.2 Å².